The van der Waals surface area contributed by atoms with Crippen LogP contribution in [0.2, 0.25) is 0 Å². The second kappa shape index (κ2) is 4.96. The molecule has 1 N–H and O–H groups in total. The van der Waals surface area contributed by atoms with E-state index < -0.39 is 14.9 Å². The molecule has 114 valence electrons. The molecule has 2 fully saturated rings. The summed E-state index contributed by atoms with van der Waals surface area (Å²) in [6.07, 6.45) is 2.86. The second-order valence-electron chi connectivity index (χ2n) is 5.60. The maximum atomic E-state index is 12.8. The average Bonchev–Trinajstić information content (AvgIpc) is 3.09. The Labute approximate surface area is 123 Å². The van der Waals surface area contributed by atoms with Gasteiger partial charge in [-0.15, -0.1) is 0 Å². The summed E-state index contributed by atoms with van der Waals surface area (Å²) in [6.45, 7) is 0.527. The van der Waals surface area contributed by atoms with Crippen LogP contribution in [0, 0.1) is 16.0 Å². The Morgan fingerprint density at radius 1 is 1.38 bits per heavy atom. The van der Waals surface area contributed by atoms with Gasteiger partial charge in [-0.25, -0.2) is 8.42 Å². The minimum Gasteiger partial charge on any atom is -0.387 e. The van der Waals surface area contributed by atoms with Gasteiger partial charge >= 0.3 is 0 Å². The summed E-state index contributed by atoms with van der Waals surface area (Å²) >= 11 is 0. The molecule has 0 aromatic heterocycles. The smallest absolute Gasteiger partial charge is 0.270 e. The maximum Gasteiger partial charge on any atom is 0.270 e. The van der Waals surface area contributed by atoms with E-state index in [2.05, 4.69) is 5.32 Å². The normalized spacial score (nSPS) is 25.2. The molecule has 1 saturated carbocycles. The Morgan fingerprint density at radius 3 is 2.67 bits per heavy atom. The molecule has 1 aliphatic carbocycles. The zero-order valence-electron chi connectivity index (χ0n) is 11.7. The number of rotatable bonds is 4. The summed E-state index contributed by atoms with van der Waals surface area (Å²) in [7, 11) is -2.09. The fourth-order valence-electron chi connectivity index (χ4n) is 3.34. The Hall–Kier alpha value is -1.67. The summed E-state index contributed by atoms with van der Waals surface area (Å²) < 4.78 is 27.2. The van der Waals surface area contributed by atoms with E-state index in [9.17, 15) is 18.5 Å². The van der Waals surface area contributed by atoms with Gasteiger partial charge < -0.3 is 5.32 Å². The molecule has 1 saturated heterocycles. The highest BCUT2D eigenvalue weighted by atomic mass is 32.2. The molecule has 0 radical (unpaired) electrons. The van der Waals surface area contributed by atoms with Crippen molar-refractivity contribution in [3.8, 4) is 0 Å². The summed E-state index contributed by atoms with van der Waals surface area (Å²) in [5.74, 6) is 0.432. The standard InChI is InChI=1S/C13H17N3O4S/c1-14-12-5-4-11(16(17)18)7-13(12)21(19,20)15-8-9-2-3-10(15)6-9/h4-5,7,9-10,14H,2-3,6,8H2,1H3. The van der Waals surface area contributed by atoms with Crippen LogP contribution in [0.1, 0.15) is 19.3 Å². The van der Waals surface area contributed by atoms with E-state index in [0.29, 0.717) is 18.2 Å². The molecule has 3 rings (SSSR count). The van der Waals surface area contributed by atoms with Crippen molar-refractivity contribution in [2.75, 3.05) is 18.9 Å². The average molecular weight is 311 g/mol. The lowest BCUT2D eigenvalue weighted by Crippen LogP contribution is -2.37. The van der Waals surface area contributed by atoms with Crippen LogP contribution in [-0.4, -0.2) is 37.3 Å². The van der Waals surface area contributed by atoms with E-state index in [1.807, 2.05) is 0 Å². The molecule has 2 unspecified atom stereocenters. The van der Waals surface area contributed by atoms with E-state index in [1.54, 1.807) is 7.05 Å². The first kappa shape index (κ1) is 14.3. The minimum absolute atomic E-state index is 0.00764. The van der Waals surface area contributed by atoms with E-state index >= 15 is 0 Å². The van der Waals surface area contributed by atoms with Crippen molar-refractivity contribution in [1.82, 2.24) is 4.31 Å². The van der Waals surface area contributed by atoms with Crippen LogP contribution in [-0.2, 0) is 10.0 Å². The molecular formula is C13H17N3O4S. The third-order valence-corrected chi connectivity index (χ3v) is 6.35. The van der Waals surface area contributed by atoms with Gasteiger partial charge in [0, 0.05) is 31.8 Å². The predicted octanol–water partition coefficient (Wildman–Crippen LogP) is 1.81. The SMILES string of the molecule is CNc1ccc([N+](=O)[O-])cc1S(=O)(=O)N1CC2CCC1C2. The Kier molecular flexibility index (Phi) is 3.37. The zero-order valence-corrected chi connectivity index (χ0v) is 12.5. The third-order valence-electron chi connectivity index (χ3n) is 4.39. The Bertz CT molecular complexity index is 689. The van der Waals surface area contributed by atoms with Crippen molar-refractivity contribution in [3.05, 3.63) is 28.3 Å². The first-order chi connectivity index (χ1) is 9.93. The fraction of sp³-hybridized carbons (Fsp3) is 0.538. The lowest BCUT2D eigenvalue weighted by atomic mass is 10.1. The summed E-state index contributed by atoms with van der Waals surface area (Å²) in [6, 6.07) is 3.94. The molecule has 0 amide bonds. The molecule has 0 spiro atoms. The van der Waals surface area contributed by atoms with Gasteiger partial charge in [-0.1, -0.05) is 0 Å². The van der Waals surface area contributed by atoms with Crippen LogP contribution in [0.5, 0.6) is 0 Å². The topological polar surface area (TPSA) is 92.5 Å². The number of anilines is 1. The number of hydrogen-bond donors (Lipinski definition) is 1. The van der Waals surface area contributed by atoms with Crippen molar-refractivity contribution in [3.63, 3.8) is 0 Å². The molecule has 1 aliphatic heterocycles. The molecule has 21 heavy (non-hydrogen) atoms. The van der Waals surface area contributed by atoms with Crippen LogP contribution >= 0.6 is 0 Å². The predicted molar refractivity (Wildman–Crippen MR) is 77.7 cm³/mol. The monoisotopic (exact) mass is 311 g/mol. The van der Waals surface area contributed by atoms with Crippen molar-refractivity contribution in [2.24, 2.45) is 5.92 Å². The number of nitro groups is 1. The lowest BCUT2D eigenvalue weighted by Gasteiger charge is -2.26. The highest BCUT2D eigenvalue weighted by Gasteiger charge is 2.45. The lowest BCUT2D eigenvalue weighted by molar-refractivity contribution is -0.385. The van der Waals surface area contributed by atoms with Gasteiger partial charge in [0.15, 0.2) is 0 Å². The Balaban J connectivity index is 2.05. The van der Waals surface area contributed by atoms with Gasteiger partial charge in [0.05, 0.1) is 10.6 Å². The van der Waals surface area contributed by atoms with Crippen LogP contribution < -0.4 is 5.32 Å². The van der Waals surface area contributed by atoms with Crippen LogP contribution in [0.3, 0.4) is 0 Å². The first-order valence-electron chi connectivity index (χ1n) is 6.91. The van der Waals surface area contributed by atoms with Crippen LogP contribution in [0.15, 0.2) is 23.1 Å². The Morgan fingerprint density at radius 2 is 2.14 bits per heavy atom. The van der Waals surface area contributed by atoms with Gasteiger partial charge in [-0.3, -0.25) is 10.1 Å². The van der Waals surface area contributed by atoms with Crippen molar-refractivity contribution in [2.45, 2.75) is 30.2 Å². The first-order valence-corrected chi connectivity index (χ1v) is 8.35. The van der Waals surface area contributed by atoms with E-state index in [-0.39, 0.29) is 16.6 Å². The molecule has 7 nitrogen and oxygen atoms in total. The van der Waals surface area contributed by atoms with Gasteiger partial charge in [0.1, 0.15) is 4.90 Å². The zero-order chi connectivity index (χ0) is 15.2. The largest absolute Gasteiger partial charge is 0.387 e. The summed E-state index contributed by atoms with van der Waals surface area (Å²) in [4.78, 5) is 10.3. The number of benzene rings is 1. The molecule has 1 heterocycles. The number of fused-ring (bicyclic) bond motifs is 2. The second-order valence-corrected chi connectivity index (χ2v) is 7.45. The van der Waals surface area contributed by atoms with Gasteiger partial charge in [0.25, 0.3) is 5.69 Å². The molecule has 2 atom stereocenters. The number of hydrogen-bond acceptors (Lipinski definition) is 5. The molecule has 8 heteroatoms. The maximum absolute atomic E-state index is 12.8. The van der Waals surface area contributed by atoms with E-state index in [1.165, 1.54) is 16.4 Å². The van der Waals surface area contributed by atoms with Crippen LogP contribution in [0.4, 0.5) is 11.4 Å². The third kappa shape index (κ3) is 2.28. The molecule has 2 aliphatic rings. The molecule has 1 aromatic rings. The fourth-order valence-corrected chi connectivity index (χ4v) is 5.31. The van der Waals surface area contributed by atoms with Gasteiger partial charge in [-0.2, -0.15) is 4.31 Å². The number of nitrogens with zero attached hydrogens (tertiary/aromatic N) is 2. The van der Waals surface area contributed by atoms with E-state index in [4.69, 9.17) is 0 Å². The molecule has 2 bridgehead atoms. The summed E-state index contributed by atoms with van der Waals surface area (Å²) in [5.41, 5.74) is 0.181. The quantitative estimate of drug-likeness (QED) is 0.676. The van der Waals surface area contributed by atoms with Crippen molar-refractivity contribution < 1.29 is 13.3 Å². The molecular weight excluding hydrogens is 294 g/mol. The van der Waals surface area contributed by atoms with Crippen molar-refractivity contribution >= 4 is 21.4 Å². The number of nitro benzene ring substituents is 1. The highest BCUT2D eigenvalue weighted by molar-refractivity contribution is 7.89. The van der Waals surface area contributed by atoms with Crippen LogP contribution in [0.25, 0.3) is 0 Å². The number of nitrogens with one attached hydrogen (secondary N) is 1. The number of piperidine rings is 1. The van der Waals surface area contributed by atoms with Gasteiger partial charge in [-0.05, 0) is 31.2 Å². The number of non-ortho nitro benzene ring substituents is 1. The number of sulfonamides is 1. The van der Waals surface area contributed by atoms with E-state index in [0.717, 1.165) is 25.3 Å². The molecule has 1 aromatic carbocycles. The van der Waals surface area contributed by atoms with Crippen molar-refractivity contribution in [1.29, 1.82) is 0 Å². The minimum atomic E-state index is -3.70. The highest BCUT2D eigenvalue weighted by Crippen LogP contribution is 2.41. The summed E-state index contributed by atoms with van der Waals surface area (Å²) in [5, 5.41) is 13.7. The van der Waals surface area contributed by atoms with Gasteiger partial charge in [0.2, 0.25) is 10.0 Å².